The summed E-state index contributed by atoms with van der Waals surface area (Å²) in [7, 11) is 0. The number of hydrazone groups is 2. The molecule has 0 aliphatic carbocycles. The number of aryl methyl sites for hydroxylation is 2. The predicted octanol–water partition coefficient (Wildman–Crippen LogP) is 2.93. The summed E-state index contributed by atoms with van der Waals surface area (Å²) in [5, 5.41) is 10.2. The average molecular weight is 533 g/mol. The first-order valence-corrected chi connectivity index (χ1v) is 12.9. The van der Waals surface area contributed by atoms with Gasteiger partial charge in [-0.3, -0.25) is 9.59 Å². The number of carbonyl (C=O) groups is 2. The molecule has 0 radical (unpaired) electrons. The number of pyridine rings is 2. The number of carbonyl (C=O) groups excluding carboxylic acids is 2. The van der Waals surface area contributed by atoms with E-state index in [2.05, 4.69) is 54.0 Å². The van der Waals surface area contributed by atoms with Gasteiger partial charge in [-0.1, -0.05) is 0 Å². The lowest BCUT2D eigenvalue weighted by atomic mass is 10.1. The van der Waals surface area contributed by atoms with E-state index in [4.69, 9.17) is 0 Å². The topological polar surface area (TPSA) is 116 Å². The minimum atomic E-state index is -0.568. The molecule has 3 heterocycles. The van der Waals surface area contributed by atoms with Crippen LogP contribution in [0.3, 0.4) is 0 Å². The first-order valence-electron chi connectivity index (χ1n) is 12.9. The zero-order chi connectivity index (χ0) is 27.9. The molecule has 3 aromatic heterocycles. The third kappa shape index (κ3) is 5.86. The van der Waals surface area contributed by atoms with Crippen molar-refractivity contribution >= 4 is 46.0 Å². The molecule has 0 atom stereocenters. The van der Waals surface area contributed by atoms with Crippen LogP contribution >= 0.6 is 0 Å². The number of hydrogen-bond donors (Lipinski definition) is 2. The summed E-state index contributed by atoms with van der Waals surface area (Å²) in [5.41, 5.74) is 8.79. The van der Waals surface area contributed by atoms with Gasteiger partial charge in [-0.15, -0.1) is 0 Å². The van der Waals surface area contributed by atoms with Crippen molar-refractivity contribution in [2.24, 2.45) is 10.2 Å². The number of aromatic nitrogens is 4. The van der Waals surface area contributed by atoms with Crippen LogP contribution in [0, 0.1) is 0 Å². The Bertz CT molecular complexity index is 1650. The third-order valence-electron chi connectivity index (χ3n) is 6.38. The molecule has 0 spiro atoms. The van der Waals surface area contributed by atoms with Gasteiger partial charge in [-0.2, -0.15) is 19.3 Å². The molecule has 5 aromatic rings. The number of hydrogen-bond acceptors (Lipinski definition) is 6. The minimum absolute atomic E-state index is 0.00235. The van der Waals surface area contributed by atoms with Crippen molar-refractivity contribution in [2.75, 3.05) is 0 Å². The van der Waals surface area contributed by atoms with Crippen LogP contribution in [0.5, 0.6) is 0 Å². The zero-order valence-electron chi connectivity index (χ0n) is 22.2. The van der Waals surface area contributed by atoms with Gasteiger partial charge in [0.2, 0.25) is 11.0 Å². The van der Waals surface area contributed by atoms with Crippen molar-refractivity contribution in [2.45, 2.75) is 26.9 Å². The van der Waals surface area contributed by atoms with Crippen LogP contribution in [0.25, 0.3) is 21.8 Å². The summed E-state index contributed by atoms with van der Waals surface area (Å²) in [5.74, 6) is -1.14. The summed E-state index contributed by atoms with van der Waals surface area (Å²) >= 11 is 0. The van der Waals surface area contributed by atoms with E-state index in [1.54, 1.807) is 12.4 Å². The van der Waals surface area contributed by atoms with E-state index >= 15 is 0 Å². The van der Waals surface area contributed by atoms with Gasteiger partial charge in [-0.05, 0) is 61.4 Å². The van der Waals surface area contributed by atoms with Crippen LogP contribution in [0.15, 0.2) is 95.7 Å². The monoisotopic (exact) mass is 532 g/mol. The smallest absolute Gasteiger partial charge is 0.266 e. The summed E-state index contributed by atoms with van der Waals surface area (Å²) in [6.07, 6.45) is 8.32. The Labute approximate surface area is 230 Å². The van der Waals surface area contributed by atoms with Crippen LogP contribution in [0.1, 0.15) is 46.0 Å². The lowest BCUT2D eigenvalue weighted by Gasteiger charge is -2.03. The lowest BCUT2D eigenvalue weighted by molar-refractivity contribution is -0.668. The van der Waals surface area contributed by atoms with Gasteiger partial charge in [0.25, 0.3) is 11.8 Å². The normalized spacial score (nSPS) is 11.4. The minimum Gasteiger partial charge on any atom is -0.266 e. The van der Waals surface area contributed by atoms with E-state index in [-0.39, 0.29) is 11.4 Å². The van der Waals surface area contributed by atoms with E-state index < -0.39 is 11.8 Å². The van der Waals surface area contributed by atoms with Gasteiger partial charge in [0, 0.05) is 41.1 Å². The van der Waals surface area contributed by atoms with Crippen molar-refractivity contribution in [3.8, 4) is 0 Å². The molecular weight excluding hydrogens is 504 g/mol. The second-order valence-electron chi connectivity index (χ2n) is 8.91. The van der Waals surface area contributed by atoms with Crippen molar-refractivity contribution < 1.29 is 18.7 Å². The molecule has 0 bridgehead atoms. The largest absolute Gasteiger partial charge is 0.290 e. The summed E-state index contributed by atoms with van der Waals surface area (Å²) in [6.45, 7) is 5.92. The van der Waals surface area contributed by atoms with Crippen molar-refractivity contribution in [3.05, 3.63) is 108 Å². The Morgan fingerprint density at radius 1 is 0.725 bits per heavy atom. The molecule has 40 heavy (non-hydrogen) atoms. The first-order chi connectivity index (χ1) is 19.6. The molecule has 0 aliphatic heterocycles. The molecular formula is C30H28N8O2+2. The Morgan fingerprint density at radius 2 is 1.20 bits per heavy atom. The average Bonchev–Trinajstić information content (AvgIpc) is 3.00. The molecule has 0 aliphatic rings. The van der Waals surface area contributed by atoms with E-state index in [0.29, 0.717) is 0 Å². The molecule has 198 valence electrons. The van der Waals surface area contributed by atoms with Crippen molar-refractivity contribution in [3.63, 3.8) is 0 Å². The standard InChI is InChI=1S/C30H26N8O2/c1-3-37-13-5-7-23-15-21(9-11-27(23)37)18-33-35-29(39)25-17-26(32-20-31-25)30(40)36-34-19-22-10-12-28-24(16-22)8-6-14-38(28)4-2/h5-20H,3-4H2,1-2H3/p+2/b33-18+,34-19+. The Morgan fingerprint density at radius 3 is 1.65 bits per heavy atom. The molecule has 10 nitrogen and oxygen atoms in total. The molecule has 0 fully saturated rings. The van der Waals surface area contributed by atoms with E-state index in [1.807, 2.05) is 73.1 Å². The quantitative estimate of drug-likeness (QED) is 0.182. The molecule has 10 heteroatoms. The summed E-state index contributed by atoms with van der Waals surface area (Å²) in [6, 6.07) is 21.2. The fraction of sp³-hybridized carbons (Fsp3) is 0.133. The van der Waals surface area contributed by atoms with Crippen molar-refractivity contribution in [1.82, 2.24) is 20.8 Å². The SMILES string of the molecule is CC[n+]1cccc2cc(/C=N/NC(=O)c3cc(C(=O)N/N=C/c4ccc5c(ccc[n+]5CC)c4)ncn3)ccc21. The van der Waals surface area contributed by atoms with Gasteiger partial charge in [0.15, 0.2) is 12.4 Å². The number of benzene rings is 2. The first kappa shape index (κ1) is 26.2. The maximum atomic E-state index is 12.6. The van der Waals surface area contributed by atoms with Gasteiger partial charge in [0.05, 0.1) is 12.4 Å². The number of fused-ring (bicyclic) bond motifs is 2. The van der Waals surface area contributed by atoms with Gasteiger partial charge in [0.1, 0.15) is 30.8 Å². The number of rotatable bonds is 8. The Kier molecular flexibility index (Phi) is 7.87. The Hall–Kier alpha value is -5.38. The predicted molar refractivity (Wildman–Crippen MR) is 152 cm³/mol. The van der Waals surface area contributed by atoms with Crippen molar-refractivity contribution in [1.29, 1.82) is 0 Å². The molecule has 2 aromatic carbocycles. The van der Waals surface area contributed by atoms with Gasteiger partial charge < -0.3 is 0 Å². The number of amides is 2. The van der Waals surface area contributed by atoms with Crippen LogP contribution in [-0.2, 0) is 13.1 Å². The summed E-state index contributed by atoms with van der Waals surface area (Å²) < 4.78 is 4.30. The fourth-order valence-corrected chi connectivity index (χ4v) is 4.36. The summed E-state index contributed by atoms with van der Waals surface area (Å²) in [4.78, 5) is 33.1. The molecule has 0 saturated carbocycles. The van der Waals surface area contributed by atoms with E-state index in [9.17, 15) is 9.59 Å². The Balaban J connectivity index is 1.21. The highest BCUT2D eigenvalue weighted by Gasteiger charge is 2.13. The van der Waals surface area contributed by atoms with Crippen LogP contribution in [0.4, 0.5) is 0 Å². The van der Waals surface area contributed by atoms with Gasteiger partial charge in [-0.25, -0.2) is 20.8 Å². The molecule has 2 N–H and O–H groups in total. The molecule has 5 rings (SSSR count). The van der Waals surface area contributed by atoms with E-state index in [0.717, 1.165) is 52.3 Å². The maximum absolute atomic E-state index is 12.6. The second-order valence-corrected chi connectivity index (χ2v) is 8.91. The third-order valence-corrected chi connectivity index (χ3v) is 6.38. The zero-order valence-corrected chi connectivity index (χ0v) is 22.2. The molecule has 0 unspecified atom stereocenters. The molecule has 0 saturated heterocycles. The highest BCUT2D eigenvalue weighted by atomic mass is 16.2. The van der Waals surface area contributed by atoms with Crippen LogP contribution in [0.2, 0.25) is 0 Å². The molecule has 2 amide bonds. The van der Waals surface area contributed by atoms with E-state index in [1.165, 1.54) is 6.07 Å². The van der Waals surface area contributed by atoms with Crippen LogP contribution in [-0.4, -0.2) is 34.2 Å². The highest BCUT2D eigenvalue weighted by Crippen LogP contribution is 2.12. The maximum Gasteiger partial charge on any atom is 0.290 e. The number of nitrogens with one attached hydrogen (secondary N) is 2. The fourth-order valence-electron chi connectivity index (χ4n) is 4.36. The van der Waals surface area contributed by atoms with Crippen LogP contribution < -0.4 is 20.0 Å². The number of nitrogens with zero attached hydrogens (tertiary/aromatic N) is 6. The lowest BCUT2D eigenvalue weighted by Crippen LogP contribution is -2.32. The second kappa shape index (κ2) is 12.0. The highest BCUT2D eigenvalue weighted by molar-refractivity contribution is 5.98. The van der Waals surface area contributed by atoms with Gasteiger partial charge >= 0.3 is 0 Å².